The molecule has 0 amide bonds. The molecule has 1 aromatic rings. The quantitative estimate of drug-likeness (QED) is 0.592. The monoisotopic (exact) mass is 356 g/mol. The predicted molar refractivity (Wildman–Crippen MR) is 105 cm³/mol. The van der Waals surface area contributed by atoms with Crippen molar-refractivity contribution in [1.82, 2.24) is 0 Å². The smallest absolute Gasteiger partial charge is 0.399 e. The summed E-state index contributed by atoms with van der Waals surface area (Å²) in [5.74, 6) is 0. The van der Waals surface area contributed by atoms with Crippen LogP contribution in [-0.2, 0) is 19.3 Å². The number of rotatable bonds is 2. The van der Waals surface area contributed by atoms with Crippen LogP contribution in [0.4, 0.5) is 0 Å². The number of aryl methyl sites for hydroxylation is 1. The Kier molecular flexibility index (Phi) is 3.43. The van der Waals surface area contributed by atoms with Crippen molar-refractivity contribution in [2.24, 2.45) is 0 Å². The fourth-order valence-electron chi connectivity index (χ4n) is 4.27. The molecule has 0 spiro atoms. The molecule has 4 rings (SSSR count). The molecule has 0 unspecified atom stereocenters. The molecule has 0 aromatic heterocycles. The van der Waals surface area contributed by atoms with E-state index in [1.54, 1.807) is 0 Å². The SMILES string of the molecule is Cc1cc(B2OC(C)(C)C(C)(C)O2)c2c(c1)[C@H]1C=C[C@]2([Si](C)(C)C)O1. The molecule has 5 heteroatoms. The second-order valence-corrected chi connectivity index (χ2v) is 15.0. The summed E-state index contributed by atoms with van der Waals surface area (Å²) < 4.78 is 19.4. The van der Waals surface area contributed by atoms with Crippen LogP contribution in [0, 0.1) is 6.92 Å². The van der Waals surface area contributed by atoms with E-state index in [2.05, 4.69) is 78.5 Å². The van der Waals surface area contributed by atoms with E-state index in [1.165, 1.54) is 16.7 Å². The summed E-state index contributed by atoms with van der Waals surface area (Å²) in [6.45, 7) is 17.7. The molecule has 3 aliphatic heterocycles. The molecule has 0 aliphatic carbocycles. The van der Waals surface area contributed by atoms with Crippen LogP contribution in [0.5, 0.6) is 0 Å². The summed E-state index contributed by atoms with van der Waals surface area (Å²) in [4.78, 5) is 0. The maximum atomic E-state index is 6.59. The van der Waals surface area contributed by atoms with Gasteiger partial charge in [0.05, 0.1) is 19.3 Å². The standard InChI is InChI=1S/C20H29BO3Si/c1-13-11-14-16-9-10-20(22-16,25(6,7)8)17(14)15(12-13)21-23-18(2,3)19(4,5)24-21/h9-12,16H,1-8H3/t16-,20-/m1/s1. The minimum Gasteiger partial charge on any atom is -0.399 e. The van der Waals surface area contributed by atoms with Gasteiger partial charge in [0.15, 0.2) is 0 Å². The Bertz CT molecular complexity index is 762. The maximum absolute atomic E-state index is 6.59. The van der Waals surface area contributed by atoms with Gasteiger partial charge in [0, 0.05) is 0 Å². The van der Waals surface area contributed by atoms with Crippen molar-refractivity contribution in [2.45, 2.75) is 76.8 Å². The van der Waals surface area contributed by atoms with Gasteiger partial charge in [-0.15, -0.1) is 0 Å². The fourth-order valence-corrected chi connectivity index (χ4v) is 6.38. The van der Waals surface area contributed by atoms with E-state index in [1.807, 2.05) is 0 Å². The predicted octanol–water partition coefficient (Wildman–Crippen LogP) is 4.01. The third-order valence-corrected chi connectivity index (χ3v) is 9.22. The molecule has 134 valence electrons. The first-order valence-corrected chi connectivity index (χ1v) is 12.8. The molecule has 1 saturated heterocycles. The van der Waals surface area contributed by atoms with Gasteiger partial charge in [0.25, 0.3) is 0 Å². The average Bonchev–Trinajstić information content (AvgIpc) is 3.08. The zero-order valence-electron chi connectivity index (χ0n) is 16.7. The van der Waals surface area contributed by atoms with Crippen LogP contribution < -0.4 is 5.46 Å². The Morgan fingerprint density at radius 3 is 2.16 bits per heavy atom. The van der Waals surface area contributed by atoms with Gasteiger partial charge in [-0.25, -0.2) is 0 Å². The molecule has 25 heavy (non-hydrogen) atoms. The van der Waals surface area contributed by atoms with Crippen molar-refractivity contribution in [2.75, 3.05) is 0 Å². The van der Waals surface area contributed by atoms with E-state index in [0.717, 1.165) is 5.46 Å². The lowest BCUT2D eigenvalue weighted by molar-refractivity contribution is 0.00578. The Balaban J connectivity index is 1.90. The lowest BCUT2D eigenvalue weighted by Crippen LogP contribution is -2.52. The Morgan fingerprint density at radius 2 is 1.60 bits per heavy atom. The van der Waals surface area contributed by atoms with Crippen LogP contribution in [-0.4, -0.2) is 26.4 Å². The molecule has 0 saturated carbocycles. The van der Waals surface area contributed by atoms with Crippen molar-refractivity contribution in [3.8, 4) is 0 Å². The van der Waals surface area contributed by atoms with Gasteiger partial charge < -0.3 is 14.0 Å². The van der Waals surface area contributed by atoms with Crippen LogP contribution >= 0.6 is 0 Å². The van der Waals surface area contributed by atoms with Crippen LogP contribution in [0.3, 0.4) is 0 Å². The third kappa shape index (κ3) is 2.22. The zero-order valence-corrected chi connectivity index (χ0v) is 17.7. The summed E-state index contributed by atoms with van der Waals surface area (Å²) >= 11 is 0. The summed E-state index contributed by atoms with van der Waals surface area (Å²) in [6.07, 6.45) is 4.60. The van der Waals surface area contributed by atoms with E-state index in [-0.39, 0.29) is 29.6 Å². The highest BCUT2D eigenvalue weighted by molar-refractivity contribution is 6.80. The zero-order chi connectivity index (χ0) is 18.4. The van der Waals surface area contributed by atoms with Gasteiger partial charge in [0.1, 0.15) is 11.3 Å². The highest BCUT2D eigenvalue weighted by Gasteiger charge is 2.59. The molecule has 2 bridgehead atoms. The molecule has 1 aromatic carbocycles. The number of fused-ring (bicyclic) bond motifs is 5. The van der Waals surface area contributed by atoms with Gasteiger partial charge in [-0.3, -0.25) is 0 Å². The van der Waals surface area contributed by atoms with Gasteiger partial charge in [-0.05, 0) is 51.2 Å². The molecule has 0 N–H and O–H groups in total. The molecule has 0 radical (unpaired) electrons. The van der Waals surface area contributed by atoms with Crippen LogP contribution in [0.15, 0.2) is 24.3 Å². The van der Waals surface area contributed by atoms with E-state index < -0.39 is 8.07 Å². The van der Waals surface area contributed by atoms with Gasteiger partial charge in [-0.2, -0.15) is 0 Å². The topological polar surface area (TPSA) is 27.7 Å². The van der Waals surface area contributed by atoms with Gasteiger partial charge in [-0.1, -0.05) is 49.5 Å². The van der Waals surface area contributed by atoms with Crippen molar-refractivity contribution in [3.63, 3.8) is 0 Å². The second kappa shape index (κ2) is 4.89. The van der Waals surface area contributed by atoms with Crippen LogP contribution in [0.2, 0.25) is 19.6 Å². The highest BCUT2D eigenvalue weighted by atomic mass is 28.3. The maximum Gasteiger partial charge on any atom is 0.495 e. The normalized spacial score (nSPS) is 31.7. The molecular formula is C20H29BO3Si. The molecule has 1 fully saturated rings. The van der Waals surface area contributed by atoms with Crippen molar-refractivity contribution < 1.29 is 14.0 Å². The Hall–Kier alpha value is -0.878. The van der Waals surface area contributed by atoms with E-state index in [0.29, 0.717) is 0 Å². The van der Waals surface area contributed by atoms with E-state index in [4.69, 9.17) is 14.0 Å². The van der Waals surface area contributed by atoms with E-state index in [9.17, 15) is 0 Å². The third-order valence-electron chi connectivity index (χ3n) is 6.46. The van der Waals surface area contributed by atoms with Gasteiger partial charge in [0.2, 0.25) is 0 Å². The number of hydrogen-bond acceptors (Lipinski definition) is 3. The summed E-state index contributed by atoms with van der Waals surface area (Å²) in [5.41, 5.74) is 4.32. The Morgan fingerprint density at radius 1 is 1.00 bits per heavy atom. The fraction of sp³-hybridized carbons (Fsp3) is 0.600. The van der Waals surface area contributed by atoms with Crippen molar-refractivity contribution in [1.29, 1.82) is 0 Å². The van der Waals surface area contributed by atoms with E-state index >= 15 is 0 Å². The molecular weight excluding hydrogens is 327 g/mol. The van der Waals surface area contributed by atoms with Crippen molar-refractivity contribution >= 4 is 20.7 Å². The summed E-state index contributed by atoms with van der Waals surface area (Å²) in [5, 5.41) is -0.278. The molecule has 3 heterocycles. The summed E-state index contributed by atoms with van der Waals surface area (Å²) in [6, 6.07) is 4.51. The first kappa shape index (κ1) is 17.5. The summed E-state index contributed by atoms with van der Waals surface area (Å²) in [7, 11) is -2.02. The lowest BCUT2D eigenvalue weighted by Gasteiger charge is -2.38. The molecule has 3 aliphatic rings. The van der Waals surface area contributed by atoms with Crippen LogP contribution in [0.1, 0.15) is 50.5 Å². The second-order valence-electron chi connectivity index (χ2n) is 9.79. The molecule has 3 nitrogen and oxygen atoms in total. The van der Waals surface area contributed by atoms with Gasteiger partial charge >= 0.3 is 7.12 Å². The minimum atomic E-state index is -1.68. The van der Waals surface area contributed by atoms with Crippen molar-refractivity contribution in [3.05, 3.63) is 41.0 Å². The number of benzene rings is 1. The first-order chi connectivity index (χ1) is 11.4. The number of ether oxygens (including phenoxy) is 1. The largest absolute Gasteiger partial charge is 0.495 e. The number of hydrogen-bond donors (Lipinski definition) is 0. The average molecular weight is 356 g/mol. The lowest BCUT2D eigenvalue weighted by atomic mass is 9.71. The van der Waals surface area contributed by atoms with Crippen LogP contribution in [0.25, 0.3) is 0 Å². The highest BCUT2D eigenvalue weighted by Crippen LogP contribution is 2.54. The first-order valence-electron chi connectivity index (χ1n) is 9.26. The molecule has 2 atom stereocenters. The minimum absolute atomic E-state index is 0.0720. The Labute approximate surface area is 152 Å².